The highest BCUT2D eigenvalue weighted by Gasteiger charge is 2.25. The lowest BCUT2D eigenvalue weighted by atomic mass is 9.92. The van der Waals surface area contributed by atoms with Crippen LogP contribution in [-0.4, -0.2) is 40.1 Å². The fourth-order valence-corrected chi connectivity index (χ4v) is 2.56. The van der Waals surface area contributed by atoms with E-state index in [1.807, 2.05) is 6.07 Å². The molecule has 0 aliphatic heterocycles. The Morgan fingerprint density at radius 3 is 2.95 bits per heavy atom. The maximum Gasteiger partial charge on any atom is 0.232 e. The van der Waals surface area contributed by atoms with E-state index >= 15 is 0 Å². The second kappa shape index (κ2) is 6.47. The van der Waals surface area contributed by atoms with Crippen LogP contribution in [0.25, 0.3) is 0 Å². The standard InChI is InChI=1S/C14H20N4O2/c15-8-11(14(16)20)13(12-5-2-6-17-12)18-9-3-1-4-10(19)7-9/h2,5-6,8-11,15,17,19H,1,3-4,7H2,(H2,16,20). The third-order valence-electron chi connectivity index (χ3n) is 3.58. The molecule has 5 N–H and O–H groups in total. The van der Waals surface area contributed by atoms with Crippen LogP contribution in [0.3, 0.4) is 0 Å². The van der Waals surface area contributed by atoms with Crippen LogP contribution in [0.4, 0.5) is 0 Å². The number of aliphatic hydroxyl groups is 1. The molecule has 1 aliphatic rings. The van der Waals surface area contributed by atoms with E-state index in [4.69, 9.17) is 11.1 Å². The van der Waals surface area contributed by atoms with E-state index in [0.717, 1.165) is 25.5 Å². The van der Waals surface area contributed by atoms with Gasteiger partial charge in [0.25, 0.3) is 0 Å². The van der Waals surface area contributed by atoms with Crippen molar-refractivity contribution in [1.29, 1.82) is 5.41 Å². The molecule has 0 radical (unpaired) electrons. The molecule has 1 aliphatic carbocycles. The second-order valence-corrected chi connectivity index (χ2v) is 5.12. The molecule has 0 aromatic carbocycles. The average Bonchev–Trinajstić information content (AvgIpc) is 2.91. The molecule has 3 atom stereocenters. The van der Waals surface area contributed by atoms with Gasteiger partial charge in [0, 0.05) is 12.4 Å². The normalized spacial score (nSPS) is 25.1. The van der Waals surface area contributed by atoms with E-state index in [-0.39, 0.29) is 12.1 Å². The smallest absolute Gasteiger partial charge is 0.232 e. The summed E-state index contributed by atoms with van der Waals surface area (Å²) in [7, 11) is 0. The van der Waals surface area contributed by atoms with Gasteiger partial charge in [-0.1, -0.05) is 0 Å². The summed E-state index contributed by atoms with van der Waals surface area (Å²) < 4.78 is 0. The number of carbonyl (C=O) groups excluding carboxylic acids is 1. The number of aromatic amines is 1. The largest absolute Gasteiger partial charge is 0.393 e. The van der Waals surface area contributed by atoms with Gasteiger partial charge in [-0.2, -0.15) is 0 Å². The first-order chi connectivity index (χ1) is 9.61. The van der Waals surface area contributed by atoms with Crippen molar-refractivity contribution in [2.45, 2.75) is 37.8 Å². The molecule has 6 nitrogen and oxygen atoms in total. The van der Waals surface area contributed by atoms with Crippen LogP contribution in [0, 0.1) is 11.3 Å². The molecular weight excluding hydrogens is 256 g/mol. The molecule has 1 amide bonds. The number of rotatable bonds is 5. The van der Waals surface area contributed by atoms with Gasteiger partial charge in [0.15, 0.2) is 0 Å². The number of nitrogens with zero attached hydrogens (tertiary/aromatic N) is 1. The summed E-state index contributed by atoms with van der Waals surface area (Å²) in [6, 6.07) is 3.58. The number of aliphatic imine (C=N–C) groups is 1. The van der Waals surface area contributed by atoms with Crippen molar-refractivity contribution < 1.29 is 9.90 Å². The minimum Gasteiger partial charge on any atom is -0.393 e. The zero-order valence-electron chi connectivity index (χ0n) is 11.2. The van der Waals surface area contributed by atoms with Gasteiger partial charge in [-0.05, 0) is 37.8 Å². The molecule has 108 valence electrons. The number of nitrogens with two attached hydrogens (primary N) is 1. The van der Waals surface area contributed by atoms with Crippen LogP contribution in [0.1, 0.15) is 31.4 Å². The summed E-state index contributed by atoms with van der Waals surface area (Å²) in [4.78, 5) is 19.1. The quantitative estimate of drug-likeness (QED) is 0.597. The molecule has 1 aromatic heterocycles. The molecule has 20 heavy (non-hydrogen) atoms. The highest BCUT2D eigenvalue weighted by Crippen LogP contribution is 2.22. The first kappa shape index (κ1) is 14.5. The lowest BCUT2D eigenvalue weighted by molar-refractivity contribution is -0.118. The molecule has 0 spiro atoms. The van der Waals surface area contributed by atoms with Crippen molar-refractivity contribution in [2.75, 3.05) is 0 Å². The molecule has 2 rings (SSSR count). The van der Waals surface area contributed by atoms with Gasteiger partial charge in [0.1, 0.15) is 5.92 Å². The topological polar surface area (TPSA) is 115 Å². The number of aromatic nitrogens is 1. The van der Waals surface area contributed by atoms with Crippen LogP contribution in [0.15, 0.2) is 23.3 Å². The maximum absolute atomic E-state index is 11.5. The number of aliphatic hydroxyl groups excluding tert-OH is 1. The summed E-state index contributed by atoms with van der Waals surface area (Å²) in [6.07, 6.45) is 5.60. The van der Waals surface area contributed by atoms with Crippen molar-refractivity contribution in [3.8, 4) is 0 Å². The Morgan fingerprint density at radius 1 is 1.60 bits per heavy atom. The van der Waals surface area contributed by atoms with Gasteiger partial charge in [-0.15, -0.1) is 0 Å². The lowest BCUT2D eigenvalue weighted by Gasteiger charge is -2.24. The molecular formula is C14H20N4O2. The molecule has 3 unspecified atom stereocenters. The summed E-state index contributed by atoms with van der Waals surface area (Å²) >= 11 is 0. The van der Waals surface area contributed by atoms with Crippen molar-refractivity contribution in [3.05, 3.63) is 24.0 Å². The monoisotopic (exact) mass is 276 g/mol. The van der Waals surface area contributed by atoms with Gasteiger partial charge in [0.2, 0.25) is 5.91 Å². The third-order valence-corrected chi connectivity index (χ3v) is 3.58. The average molecular weight is 276 g/mol. The van der Waals surface area contributed by atoms with Gasteiger partial charge in [-0.25, -0.2) is 0 Å². The number of hydrogen-bond acceptors (Lipinski definition) is 4. The van der Waals surface area contributed by atoms with E-state index in [9.17, 15) is 9.90 Å². The first-order valence-corrected chi connectivity index (χ1v) is 6.81. The maximum atomic E-state index is 11.5. The zero-order chi connectivity index (χ0) is 14.5. The minimum absolute atomic E-state index is 0.0288. The minimum atomic E-state index is -0.840. The van der Waals surface area contributed by atoms with E-state index < -0.39 is 11.8 Å². The van der Waals surface area contributed by atoms with Crippen LogP contribution >= 0.6 is 0 Å². The van der Waals surface area contributed by atoms with Crippen LogP contribution < -0.4 is 5.73 Å². The second-order valence-electron chi connectivity index (χ2n) is 5.12. The Kier molecular flexibility index (Phi) is 4.68. The van der Waals surface area contributed by atoms with Gasteiger partial charge >= 0.3 is 0 Å². The third kappa shape index (κ3) is 3.33. The summed E-state index contributed by atoms with van der Waals surface area (Å²) in [5.74, 6) is -1.43. The molecule has 1 heterocycles. The van der Waals surface area contributed by atoms with Crippen molar-refractivity contribution >= 4 is 17.8 Å². The summed E-state index contributed by atoms with van der Waals surface area (Å²) in [5.41, 5.74) is 6.53. The number of nitrogens with one attached hydrogen (secondary N) is 2. The Balaban J connectivity index is 2.30. The Labute approximate surface area is 117 Å². The Morgan fingerprint density at radius 2 is 2.40 bits per heavy atom. The SMILES string of the molecule is N=CC(C(N)=O)C(=NC1CCCC(O)C1)c1ccc[nH]1. The van der Waals surface area contributed by atoms with Gasteiger partial charge < -0.3 is 21.2 Å². The van der Waals surface area contributed by atoms with Crippen molar-refractivity contribution in [2.24, 2.45) is 16.6 Å². The predicted molar refractivity (Wildman–Crippen MR) is 77.1 cm³/mol. The fraction of sp³-hybridized carbons (Fsp3) is 0.500. The lowest BCUT2D eigenvalue weighted by Crippen LogP contribution is -2.34. The highest BCUT2D eigenvalue weighted by molar-refractivity contribution is 6.20. The Hall–Kier alpha value is -1.95. The van der Waals surface area contributed by atoms with Gasteiger partial charge in [0.05, 0.1) is 23.6 Å². The van der Waals surface area contributed by atoms with E-state index in [2.05, 4.69) is 9.98 Å². The molecule has 0 bridgehead atoms. The highest BCUT2D eigenvalue weighted by atomic mass is 16.3. The van der Waals surface area contributed by atoms with Crippen LogP contribution in [0.5, 0.6) is 0 Å². The molecule has 0 saturated heterocycles. The predicted octanol–water partition coefficient (Wildman–Crippen LogP) is 0.858. The number of H-pyrrole nitrogens is 1. The number of carbonyl (C=O) groups is 1. The number of hydrogen-bond donors (Lipinski definition) is 4. The number of primary amides is 1. The van der Waals surface area contributed by atoms with E-state index in [1.165, 1.54) is 0 Å². The van der Waals surface area contributed by atoms with Crippen LogP contribution in [0.2, 0.25) is 0 Å². The van der Waals surface area contributed by atoms with E-state index in [1.54, 1.807) is 12.3 Å². The van der Waals surface area contributed by atoms with Gasteiger partial charge in [-0.3, -0.25) is 9.79 Å². The Bertz CT molecular complexity index is 495. The zero-order valence-corrected chi connectivity index (χ0v) is 11.2. The molecule has 1 fully saturated rings. The first-order valence-electron chi connectivity index (χ1n) is 6.81. The van der Waals surface area contributed by atoms with Crippen molar-refractivity contribution in [1.82, 2.24) is 4.98 Å². The molecule has 6 heteroatoms. The number of amides is 1. The fourth-order valence-electron chi connectivity index (χ4n) is 2.56. The molecule has 1 aromatic rings. The van der Waals surface area contributed by atoms with E-state index in [0.29, 0.717) is 17.8 Å². The van der Waals surface area contributed by atoms with Crippen LogP contribution in [-0.2, 0) is 4.79 Å². The van der Waals surface area contributed by atoms with Crippen molar-refractivity contribution in [3.63, 3.8) is 0 Å². The summed E-state index contributed by atoms with van der Waals surface area (Å²) in [6.45, 7) is 0. The summed E-state index contributed by atoms with van der Waals surface area (Å²) in [5, 5.41) is 17.1. The molecule has 1 saturated carbocycles.